The lowest BCUT2D eigenvalue weighted by atomic mass is 9.76. The highest BCUT2D eigenvalue weighted by Gasteiger charge is 2.44. The van der Waals surface area contributed by atoms with Gasteiger partial charge in [-0.3, -0.25) is 14.9 Å². The predicted molar refractivity (Wildman–Crippen MR) is 116 cm³/mol. The number of aliphatic hydroxyl groups is 1. The molecular weight excluding hydrogens is 372 g/mol. The Morgan fingerprint density at radius 1 is 1.03 bits per heavy atom. The third-order valence-corrected chi connectivity index (χ3v) is 6.17. The van der Waals surface area contributed by atoms with Crippen LogP contribution in [0.1, 0.15) is 29.7 Å². The van der Waals surface area contributed by atoms with Crippen LogP contribution in [0.3, 0.4) is 0 Å². The molecule has 3 aliphatic heterocycles. The van der Waals surface area contributed by atoms with Crippen molar-refractivity contribution in [3.63, 3.8) is 0 Å². The van der Waals surface area contributed by atoms with Crippen LogP contribution in [0.15, 0.2) is 61.1 Å². The first-order chi connectivity index (χ1) is 14.7. The second-order valence-electron chi connectivity index (χ2n) is 8.18. The number of hydrogen-bond donors (Lipinski definition) is 1. The first kappa shape index (κ1) is 18.9. The molecule has 5 nitrogen and oxygen atoms in total. The first-order valence-electron chi connectivity index (χ1n) is 10.5. The first-order valence-corrected chi connectivity index (χ1v) is 10.5. The standard InChI is InChI=1S/C25H24N4O/c30-25(18-29-14-9-21(25)10-15-29)11-8-22-20(16-19-4-2-1-3-5-19)6-7-23(28-22)24-17-26-12-13-27-24/h1-7,12-13,17,21,30H,9-10,14-16,18H2. The van der Waals surface area contributed by atoms with Gasteiger partial charge in [-0.2, -0.15) is 0 Å². The minimum Gasteiger partial charge on any atom is -0.376 e. The van der Waals surface area contributed by atoms with Gasteiger partial charge in [0.15, 0.2) is 0 Å². The number of pyridine rings is 1. The molecule has 150 valence electrons. The molecular formula is C25H24N4O. The van der Waals surface area contributed by atoms with E-state index in [1.807, 2.05) is 24.3 Å². The van der Waals surface area contributed by atoms with Gasteiger partial charge >= 0.3 is 0 Å². The summed E-state index contributed by atoms with van der Waals surface area (Å²) in [6.07, 6.45) is 7.78. The molecule has 1 atom stereocenters. The van der Waals surface area contributed by atoms with E-state index in [4.69, 9.17) is 4.98 Å². The Labute approximate surface area is 176 Å². The van der Waals surface area contributed by atoms with Crippen molar-refractivity contribution in [1.82, 2.24) is 19.9 Å². The Hall–Kier alpha value is -3.07. The van der Waals surface area contributed by atoms with Gasteiger partial charge in [-0.15, -0.1) is 0 Å². The lowest BCUT2D eigenvalue weighted by molar-refractivity contribution is -0.0713. The monoisotopic (exact) mass is 396 g/mol. The van der Waals surface area contributed by atoms with Gasteiger partial charge < -0.3 is 5.11 Å². The van der Waals surface area contributed by atoms with Crippen molar-refractivity contribution in [3.8, 4) is 23.2 Å². The Morgan fingerprint density at radius 3 is 2.57 bits per heavy atom. The van der Waals surface area contributed by atoms with E-state index in [1.54, 1.807) is 18.6 Å². The van der Waals surface area contributed by atoms with E-state index < -0.39 is 5.60 Å². The molecule has 0 saturated carbocycles. The summed E-state index contributed by atoms with van der Waals surface area (Å²) in [6.45, 7) is 2.76. The van der Waals surface area contributed by atoms with Crippen LogP contribution >= 0.6 is 0 Å². The van der Waals surface area contributed by atoms with Crippen molar-refractivity contribution in [3.05, 3.63) is 77.9 Å². The molecule has 3 saturated heterocycles. The van der Waals surface area contributed by atoms with E-state index in [-0.39, 0.29) is 5.92 Å². The van der Waals surface area contributed by atoms with Crippen molar-refractivity contribution in [1.29, 1.82) is 0 Å². The highest BCUT2D eigenvalue weighted by atomic mass is 16.3. The molecule has 3 fully saturated rings. The van der Waals surface area contributed by atoms with Crippen molar-refractivity contribution in [2.24, 2.45) is 5.92 Å². The molecule has 5 heterocycles. The third-order valence-electron chi connectivity index (χ3n) is 6.17. The van der Waals surface area contributed by atoms with Gasteiger partial charge in [0.05, 0.1) is 11.9 Å². The van der Waals surface area contributed by atoms with E-state index in [0.29, 0.717) is 17.9 Å². The lowest BCUT2D eigenvalue weighted by Crippen LogP contribution is -2.58. The fourth-order valence-corrected chi connectivity index (χ4v) is 4.48. The van der Waals surface area contributed by atoms with Gasteiger partial charge in [0.2, 0.25) is 0 Å². The zero-order valence-electron chi connectivity index (χ0n) is 16.8. The van der Waals surface area contributed by atoms with Gasteiger partial charge in [-0.1, -0.05) is 42.3 Å². The molecule has 3 aromatic rings. The number of aromatic nitrogens is 3. The molecule has 0 amide bonds. The summed E-state index contributed by atoms with van der Waals surface area (Å²) in [5, 5.41) is 11.2. The second-order valence-corrected chi connectivity index (χ2v) is 8.18. The van der Waals surface area contributed by atoms with Crippen LogP contribution in [0.2, 0.25) is 0 Å². The van der Waals surface area contributed by atoms with Gasteiger partial charge in [-0.05, 0) is 49.0 Å². The van der Waals surface area contributed by atoms with Crippen LogP contribution in [-0.4, -0.2) is 50.2 Å². The Morgan fingerprint density at radius 2 is 1.87 bits per heavy atom. The Bertz CT molecular complexity index is 1080. The smallest absolute Gasteiger partial charge is 0.141 e. The zero-order chi connectivity index (χ0) is 20.4. The van der Waals surface area contributed by atoms with Crippen molar-refractivity contribution < 1.29 is 5.11 Å². The molecule has 1 N–H and O–H groups in total. The Kier molecular flexibility index (Phi) is 5.04. The van der Waals surface area contributed by atoms with Crippen molar-refractivity contribution in [2.75, 3.05) is 19.6 Å². The minimum absolute atomic E-state index is 0.246. The maximum absolute atomic E-state index is 11.2. The van der Waals surface area contributed by atoms with Crippen LogP contribution in [0.5, 0.6) is 0 Å². The summed E-state index contributed by atoms with van der Waals surface area (Å²) in [5.41, 5.74) is 3.46. The highest BCUT2D eigenvalue weighted by Crippen LogP contribution is 2.35. The largest absolute Gasteiger partial charge is 0.376 e. The molecule has 1 aromatic carbocycles. The number of hydrogen-bond acceptors (Lipinski definition) is 5. The summed E-state index contributed by atoms with van der Waals surface area (Å²) in [4.78, 5) is 15.6. The molecule has 2 aromatic heterocycles. The average Bonchev–Trinajstić information content (AvgIpc) is 2.80. The van der Waals surface area contributed by atoms with Crippen LogP contribution < -0.4 is 0 Å². The van der Waals surface area contributed by atoms with E-state index >= 15 is 0 Å². The summed E-state index contributed by atoms with van der Waals surface area (Å²) in [6, 6.07) is 14.3. The maximum atomic E-state index is 11.2. The molecule has 0 aliphatic carbocycles. The molecule has 0 radical (unpaired) electrons. The third kappa shape index (κ3) is 3.85. The van der Waals surface area contributed by atoms with Gasteiger partial charge in [-0.25, -0.2) is 4.98 Å². The normalized spacial score (nSPS) is 24.8. The summed E-state index contributed by atoms with van der Waals surface area (Å²) < 4.78 is 0. The lowest BCUT2D eigenvalue weighted by Gasteiger charge is -2.47. The number of fused-ring (bicyclic) bond motifs is 3. The molecule has 30 heavy (non-hydrogen) atoms. The molecule has 3 aliphatic rings. The van der Waals surface area contributed by atoms with Crippen LogP contribution in [-0.2, 0) is 6.42 Å². The molecule has 0 spiro atoms. The van der Waals surface area contributed by atoms with Crippen LogP contribution in [0, 0.1) is 17.8 Å². The number of benzene rings is 1. The van der Waals surface area contributed by atoms with Crippen LogP contribution in [0.4, 0.5) is 0 Å². The second kappa shape index (κ2) is 7.98. The topological polar surface area (TPSA) is 62.1 Å². The number of nitrogens with zero attached hydrogens (tertiary/aromatic N) is 4. The van der Waals surface area contributed by atoms with E-state index in [9.17, 15) is 5.11 Å². The minimum atomic E-state index is -0.954. The fourth-order valence-electron chi connectivity index (χ4n) is 4.48. The van der Waals surface area contributed by atoms with Gasteiger partial charge in [0.1, 0.15) is 17.0 Å². The zero-order valence-corrected chi connectivity index (χ0v) is 16.8. The molecule has 6 rings (SSSR count). The van der Waals surface area contributed by atoms with Crippen LogP contribution in [0.25, 0.3) is 11.4 Å². The van der Waals surface area contributed by atoms with Gasteiger partial charge in [0.25, 0.3) is 0 Å². The maximum Gasteiger partial charge on any atom is 0.141 e. The number of piperidine rings is 3. The van der Waals surface area contributed by atoms with E-state index in [0.717, 1.165) is 43.6 Å². The fraction of sp³-hybridized carbons (Fsp3) is 0.320. The number of rotatable bonds is 3. The Balaban J connectivity index is 1.53. The van der Waals surface area contributed by atoms with Crippen molar-refractivity contribution in [2.45, 2.75) is 24.9 Å². The van der Waals surface area contributed by atoms with Crippen molar-refractivity contribution >= 4 is 0 Å². The molecule has 1 unspecified atom stereocenters. The summed E-state index contributed by atoms with van der Waals surface area (Å²) in [5.74, 6) is 6.71. The summed E-state index contributed by atoms with van der Waals surface area (Å²) in [7, 11) is 0. The highest BCUT2D eigenvalue weighted by molar-refractivity contribution is 5.56. The SMILES string of the molecule is OC1(C#Cc2nc(-c3cnccn3)ccc2Cc2ccccc2)CN2CCC1CC2. The predicted octanol–water partition coefficient (Wildman–Crippen LogP) is 2.94. The van der Waals surface area contributed by atoms with E-state index in [2.05, 4.69) is 44.9 Å². The summed E-state index contributed by atoms with van der Waals surface area (Å²) >= 11 is 0. The quantitative estimate of drug-likeness (QED) is 0.690. The average molecular weight is 396 g/mol. The molecule has 5 heteroatoms. The van der Waals surface area contributed by atoms with Gasteiger partial charge in [0, 0.05) is 31.3 Å². The van der Waals surface area contributed by atoms with E-state index in [1.165, 1.54) is 5.56 Å². The molecule has 2 bridgehead atoms.